The highest BCUT2D eigenvalue weighted by Gasteiger charge is 2.26. The van der Waals surface area contributed by atoms with Gasteiger partial charge in [0.1, 0.15) is 12.1 Å². The molecule has 2 amide bonds. The number of piperidine rings is 1. The lowest BCUT2D eigenvalue weighted by Gasteiger charge is -2.33. The lowest BCUT2D eigenvalue weighted by Crippen LogP contribution is -2.40. The zero-order chi connectivity index (χ0) is 19.9. The summed E-state index contributed by atoms with van der Waals surface area (Å²) in [6.07, 6.45) is 4.58. The van der Waals surface area contributed by atoms with Crippen LogP contribution in [0.15, 0.2) is 36.8 Å². The van der Waals surface area contributed by atoms with E-state index in [0.29, 0.717) is 25.5 Å². The van der Waals surface area contributed by atoms with Crippen molar-refractivity contribution >= 4 is 23.3 Å². The first-order valence-electron chi connectivity index (χ1n) is 9.30. The van der Waals surface area contributed by atoms with Gasteiger partial charge in [-0.15, -0.1) is 0 Å². The number of hydrogen-bond donors (Lipinski definition) is 2. The Kier molecular flexibility index (Phi) is 6.41. The van der Waals surface area contributed by atoms with Gasteiger partial charge in [0.2, 0.25) is 11.8 Å². The Balaban J connectivity index is 1.53. The SMILES string of the molecule is COc1cccc(CNC(=O)C2CCN(c3cncnc3NC(C)=O)CC2)c1. The van der Waals surface area contributed by atoms with Crippen molar-refractivity contribution in [2.75, 3.05) is 30.4 Å². The molecule has 0 unspecified atom stereocenters. The predicted molar refractivity (Wildman–Crippen MR) is 106 cm³/mol. The second-order valence-electron chi connectivity index (χ2n) is 6.77. The normalized spacial score (nSPS) is 14.4. The van der Waals surface area contributed by atoms with Crippen molar-refractivity contribution in [1.82, 2.24) is 15.3 Å². The van der Waals surface area contributed by atoms with Crippen molar-refractivity contribution in [3.05, 3.63) is 42.4 Å². The van der Waals surface area contributed by atoms with Gasteiger partial charge in [-0.1, -0.05) is 12.1 Å². The summed E-state index contributed by atoms with van der Waals surface area (Å²) in [7, 11) is 1.63. The van der Waals surface area contributed by atoms with E-state index in [1.54, 1.807) is 13.3 Å². The highest BCUT2D eigenvalue weighted by Crippen LogP contribution is 2.27. The fraction of sp³-hybridized carbons (Fsp3) is 0.400. The van der Waals surface area contributed by atoms with Crippen LogP contribution in [0.25, 0.3) is 0 Å². The lowest BCUT2D eigenvalue weighted by molar-refractivity contribution is -0.125. The molecule has 8 nitrogen and oxygen atoms in total. The Morgan fingerprint density at radius 1 is 1.29 bits per heavy atom. The minimum absolute atomic E-state index is 0.0318. The molecule has 0 aliphatic carbocycles. The van der Waals surface area contributed by atoms with Crippen LogP contribution in [-0.4, -0.2) is 42.0 Å². The molecule has 1 saturated heterocycles. The number of methoxy groups -OCH3 is 1. The summed E-state index contributed by atoms with van der Waals surface area (Å²) in [6.45, 7) is 3.34. The number of ether oxygens (including phenoxy) is 1. The number of carbonyl (C=O) groups is 2. The first kappa shape index (κ1) is 19.6. The second kappa shape index (κ2) is 9.16. The molecule has 2 heterocycles. The van der Waals surface area contributed by atoms with Gasteiger partial charge in [-0.05, 0) is 30.5 Å². The van der Waals surface area contributed by atoms with Crippen LogP contribution in [-0.2, 0) is 16.1 Å². The van der Waals surface area contributed by atoms with Crippen molar-refractivity contribution in [3.63, 3.8) is 0 Å². The van der Waals surface area contributed by atoms with E-state index in [1.807, 2.05) is 24.3 Å². The molecule has 0 bridgehead atoms. The Hall–Kier alpha value is -3.16. The van der Waals surface area contributed by atoms with Crippen LogP contribution in [0.1, 0.15) is 25.3 Å². The van der Waals surface area contributed by atoms with Gasteiger partial charge in [-0.25, -0.2) is 9.97 Å². The molecule has 1 fully saturated rings. The summed E-state index contributed by atoms with van der Waals surface area (Å²) in [5, 5.41) is 5.75. The van der Waals surface area contributed by atoms with E-state index < -0.39 is 0 Å². The molecule has 1 aliphatic heterocycles. The van der Waals surface area contributed by atoms with Crippen molar-refractivity contribution in [3.8, 4) is 5.75 Å². The lowest BCUT2D eigenvalue weighted by atomic mass is 9.95. The van der Waals surface area contributed by atoms with E-state index in [-0.39, 0.29) is 17.7 Å². The number of carbonyl (C=O) groups excluding carboxylic acids is 2. The zero-order valence-corrected chi connectivity index (χ0v) is 16.1. The number of amides is 2. The fourth-order valence-corrected chi connectivity index (χ4v) is 3.32. The summed E-state index contributed by atoms with van der Waals surface area (Å²) < 4.78 is 5.21. The molecule has 28 heavy (non-hydrogen) atoms. The molecule has 1 aromatic heterocycles. The molecule has 3 rings (SSSR count). The number of nitrogens with zero attached hydrogens (tertiary/aromatic N) is 3. The first-order valence-corrected chi connectivity index (χ1v) is 9.30. The Morgan fingerprint density at radius 2 is 2.07 bits per heavy atom. The van der Waals surface area contributed by atoms with Crippen molar-refractivity contribution in [1.29, 1.82) is 0 Å². The van der Waals surface area contributed by atoms with E-state index in [0.717, 1.165) is 29.8 Å². The van der Waals surface area contributed by atoms with E-state index in [1.165, 1.54) is 13.3 Å². The van der Waals surface area contributed by atoms with Gasteiger partial charge >= 0.3 is 0 Å². The molecular weight excluding hydrogens is 358 g/mol. The average molecular weight is 383 g/mol. The largest absolute Gasteiger partial charge is 0.497 e. The summed E-state index contributed by atoms with van der Waals surface area (Å²) in [6, 6.07) is 7.67. The molecule has 0 spiro atoms. The molecule has 148 valence electrons. The minimum atomic E-state index is -0.174. The number of aromatic nitrogens is 2. The Morgan fingerprint density at radius 3 is 2.79 bits per heavy atom. The fourth-order valence-electron chi connectivity index (χ4n) is 3.32. The molecular formula is C20H25N5O3. The molecule has 0 atom stereocenters. The van der Waals surface area contributed by atoms with Crippen LogP contribution < -0.4 is 20.3 Å². The summed E-state index contributed by atoms with van der Waals surface area (Å²) >= 11 is 0. The molecule has 2 aromatic rings. The van der Waals surface area contributed by atoms with Crippen LogP contribution in [0.4, 0.5) is 11.5 Å². The first-order chi connectivity index (χ1) is 13.6. The smallest absolute Gasteiger partial charge is 0.223 e. The highest BCUT2D eigenvalue weighted by molar-refractivity contribution is 5.91. The molecule has 0 radical (unpaired) electrons. The average Bonchev–Trinajstić information content (AvgIpc) is 2.72. The maximum Gasteiger partial charge on any atom is 0.223 e. The minimum Gasteiger partial charge on any atom is -0.497 e. The molecule has 2 N–H and O–H groups in total. The van der Waals surface area contributed by atoms with Crippen LogP contribution in [0.3, 0.4) is 0 Å². The highest BCUT2D eigenvalue weighted by atomic mass is 16.5. The van der Waals surface area contributed by atoms with Crippen LogP contribution in [0.5, 0.6) is 5.75 Å². The van der Waals surface area contributed by atoms with Crippen LogP contribution >= 0.6 is 0 Å². The predicted octanol–water partition coefficient (Wildman–Crippen LogP) is 1.98. The molecule has 0 saturated carbocycles. The van der Waals surface area contributed by atoms with Crippen molar-refractivity contribution in [2.45, 2.75) is 26.3 Å². The Bertz CT molecular complexity index is 834. The summed E-state index contributed by atoms with van der Waals surface area (Å²) in [5.41, 5.74) is 1.79. The van der Waals surface area contributed by atoms with E-state index in [9.17, 15) is 9.59 Å². The number of nitrogens with one attached hydrogen (secondary N) is 2. The number of hydrogen-bond acceptors (Lipinski definition) is 6. The van der Waals surface area contributed by atoms with E-state index >= 15 is 0 Å². The molecule has 1 aliphatic rings. The second-order valence-corrected chi connectivity index (χ2v) is 6.77. The molecule has 1 aromatic carbocycles. The van der Waals surface area contributed by atoms with Crippen LogP contribution in [0, 0.1) is 5.92 Å². The third-order valence-corrected chi connectivity index (χ3v) is 4.79. The van der Waals surface area contributed by atoms with E-state index in [4.69, 9.17) is 4.74 Å². The number of rotatable bonds is 6. The maximum absolute atomic E-state index is 12.5. The van der Waals surface area contributed by atoms with Crippen molar-refractivity contribution in [2.24, 2.45) is 5.92 Å². The van der Waals surface area contributed by atoms with Crippen molar-refractivity contribution < 1.29 is 14.3 Å². The third kappa shape index (κ3) is 4.97. The van der Waals surface area contributed by atoms with Gasteiger partial charge in [0.05, 0.1) is 19.0 Å². The topological polar surface area (TPSA) is 96.4 Å². The van der Waals surface area contributed by atoms with E-state index in [2.05, 4.69) is 25.5 Å². The van der Waals surface area contributed by atoms with Gasteiger partial charge in [0.15, 0.2) is 5.82 Å². The van der Waals surface area contributed by atoms with Gasteiger partial charge in [-0.3, -0.25) is 9.59 Å². The number of benzene rings is 1. The Labute approximate surface area is 164 Å². The molecule has 8 heteroatoms. The van der Waals surface area contributed by atoms with Gasteiger partial charge in [0.25, 0.3) is 0 Å². The van der Waals surface area contributed by atoms with Gasteiger partial charge < -0.3 is 20.3 Å². The zero-order valence-electron chi connectivity index (χ0n) is 16.1. The maximum atomic E-state index is 12.5. The summed E-state index contributed by atoms with van der Waals surface area (Å²) in [5.74, 6) is 1.14. The monoisotopic (exact) mass is 383 g/mol. The van der Waals surface area contributed by atoms with Gasteiger partial charge in [0, 0.05) is 32.5 Å². The quantitative estimate of drug-likeness (QED) is 0.792. The standard InChI is InChI=1S/C20H25N5O3/c1-14(26)24-19-18(12-21-13-23-19)25-8-6-16(7-9-25)20(27)22-11-15-4-3-5-17(10-15)28-2/h3-5,10,12-13,16H,6-9,11H2,1-2H3,(H,22,27)(H,21,23,24,26). The van der Waals surface area contributed by atoms with Gasteiger partial charge in [-0.2, -0.15) is 0 Å². The third-order valence-electron chi connectivity index (χ3n) is 4.79. The van der Waals surface area contributed by atoms with Crippen LogP contribution in [0.2, 0.25) is 0 Å². The number of anilines is 2. The summed E-state index contributed by atoms with van der Waals surface area (Å²) in [4.78, 5) is 34.2.